The zero-order valence-electron chi connectivity index (χ0n) is 17.5. The Morgan fingerprint density at radius 1 is 1.20 bits per heavy atom. The third-order valence-electron chi connectivity index (χ3n) is 4.88. The number of aromatic amines is 1. The Kier molecular flexibility index (Phi) is 7.06. The van der Waals surface area contributed by atoms with Gasteiger partial charge in [0.25, 0.3) is 5.56 Å². The van der Waals surface area contributed by atoms with Gasteiger partial charge in [-0.15, -0.1) is 0 Å². The minimum atomic E-state index is -0.239. The zero-order chi connectivity index (χ0) is 21.7. The third-order valence-corrected chi connectivity index (χ3v) is 5.12. The van der Waals surface area contributed by atoms with E-state index in [0.29, 0.717) is 34.2 Å². The van der Waals surface area contributed by atoms with E-state index in [9.17, 15) is 9.59 Å². The van der Waals surface area contributed by atoms with Crippen molar-refractivity contribution in [3.05, 3.63) is 80.9 Å². The van der Waals surface area contributed by atoms with E-state index in [1.165, 1.54) is 5.56 Å². The van der Waals surface area contributed by atoms with Crippen LogP contribution >= 0.6 is 11.6 Å². The summed E-state index contributed by atoms with van der Waals surface area (Å²) in [4.78, 5) is 34.1. The molecule has 2 aromatic carbocycles. The maximum Gasteiger partial charge on any atom is 0.258 e. The SMILES string of the molecule is CCCN(Cc1nc2cc(Cl)ccc2c(=O)[nH]1)C(=O)/C=C/c1ccc(C(C)C)cc1. The minimum absolute atomic E-state index is 0.126. The summed E-state index contributed by atoms with van der Waals surface area (Å²) in [5.74, 6) is 0.779. The van der Waals surface area contributed by atoms with Gasteiger partial charge in [0.2, 0.25) is 5.91 Å². The molecule has 0 aliphatic heterocycles. The Labute approximate surface area is 181 Å². The molecule has 1 amide bonds. The first-order valence-corrected chi connectivity index (χ1v) is 10.5. The number of benzene rings is 2. The molecule has 3 rings (SSSR count). The van der Waals surface area contributed by atoms with Crippen molar-refractivity contribution < 1.29 is 4.79 Å². The Bertz CT molecular complexity index is 1120. The number of hydrogen-bond acceptors (Lipinski definition) is 3. The molecule has 0 spiro atoms. The number of amides is 1. The predicted octanol–water partition coefficient (Wildman–Crippen LogP) is 5.15. The van der Waals surface area contributed by atoms with Crippen molar-refractivity contribution in [2.75, 3.05) is 6.54 Å². The van der Waals surface area contributed by atoms with E-state index >= 15 is 0 Å². The van der Waals surface area contributed by atoms with Crippen molar-refractivity contribution in [1.29, 1.82) is 0 Å². The van der Waals surface area contributed by atoms with Crippen LogP contribution in [0, 0.1) is 0 Å². The molecule has 0 unspecified atom stereocenters. The van der Waals surface area contributed by atoms with Crippen LogP contribution in [0.25, 0.3) is 17.0 Å². The first kappa shape index (κ1) is 21.8. The lowest BCUT2D eigenvalue weighted by Crippen LogP contribution is -2.31. The second-order valence-corrected chi connectivity index (χ2v) is 8.03. The van der Waals surface area contributed by atoms with E-state index in [0.717, 1.165) is 12.0 Å². The van der Waals surface area contributed by atoms with Gasteiger partial charge in [-0.25, -0.2) is 4.98 Å². The molecule has 0 radical (unpaired) electrons. The summed E-state index contributed by atoms with van der Waals surface area (Å²) >= 11 is 6.03. The lowest BCUT2D eigenvalue weighted by molar-refractivity contribution is -0.126. The van der Waals surface area contributed by atoms with E-state index in [4.69, 9.17) is 11.6 Å². The number of nitrogens with zero attached hydrogens (tertiary/aromatic N) is 2. The Balaban J connectivity index is 1.79. The van der Waals surface area contributed by atoms with Crippen LogP contribution in [0.5, 0.6) is 0 Å². The molecule has 0 aliphatic carbocycles. The second kappa shape index (κ2) is 9.72. The van der Waals surface area contributed by atoms with Crippen molar-refractivity contribution in [3.8, 4) is 0 Å². The van der Waals surface area contributed by atoms with Gasteiger partial charge in [-0.3, -0.25) is 9.59 Å². The number of fused-ring (bicyclic) bond motifs is 1. The highest BCUT2D eigenvalue weighted by Crippen LogP contribution is 2.16. The van der Waals surface area contributed by atoms with Gasteiger partial charge in [0.1, 0.15) is 5.82 Å². The number of carbonyl (C=O) groups is 1. The molecule has 0 saturated carbocycles. The zero-order valence-corrected chi connectivity index (χ0v) is 18.2. The highest BCUT2D eigenvalue weighted by molar-refractivity contribution is 6.31. The maximum atomic E-state index is 12.8. The molecule has 0 saturated heterocycles. The van der Waals surface area contributed by atoms with Crippen molar-refractivity contribution in [3.63, 3.8) is 0 Å². The van der Waals surface area contributed by atoms with E-state index in [1.54, 1.807) is 29.2 Å². The molecular weight excluding hydrogens is 398 g/mol. The first-order chi connectivity index (χ1) is 14.4. The number of aromatic nitrogens is 2. The summed E-state index contributed by atoms with van der Waals surface area (Å²) in [6.07, 6.45) is 4.17. The lowest BCUT2D eigenvalue weighted by atomic mass is 10.0. The molecule has 0 atom stereocenters. The van der Waals surface area contributed by atoms with Crippen LogP contribution in [-0.2, 0) is 11.3 Å². The molecule has 30 heavy (non-hydrogen) atoms. The second-order valence-electron chi connectivity index (χ2n) is 7.59. The number of carbonyl (C=O) groups excluding carboxylic acids is 1. The highest BCUT2D eigenvalue weighted by Gasteiger charge is 2.13. The number of rotatable bonds is 7. The minimum Gasteiger partial charge on any atom is -0.332 e. The number of nitrogens with one attached hydrogen (secondary N) is 1. The lowest BCUT2D eigenvalue weighted by Gasteiger charge is -2.20. The molecule has 0 fully saturated rings. The standard InChI is InChI=1S/C24H26ClN3O2/c1-4-13-28(23(29)12-7-17-5-8-18(9-6-17)16(2)3)15-22-26-21-14-19(25)10-11-20(21)24(30)27-22/h5-12,14,16H,4,13,15H2,1-3H3,(H,26,27,30)/b12-7+. The van der Waals surface area contributed by atoms with Crippen LogP contribution < -0.4 is 5.56 Å². The third kappa shape index (κ3) is 5.36. The summed E-state index contributed by atoms with van der Waals surface area (Å²) in [5.41, 5.74) is 2.51. The molecule has 3 aromatic rings. The molecule has 1 aromatic heterocycles. The van der Waals surface area contributed by atoms with Crippen LogP contribution in [0.1, 0.15) is 50.1 Å². The molecule has 0 aliphatic rings. The van der Waals surface area contributed by atoms with Crippen LogP contribution in [0.3, 0.4) is 0 Å². The van der Waals surface area contributed by atoms with E-state index in [2.05, 4.69) is 35.9 Å². The molecule has 5 nitrogen and oxygen atoms in total. The Hall–Kier alpha value is -2.92. The molecule has 0 bridgehead atoms. The summed E-state index contributed by atoms with van der Waals surface area (Å²) in [6, 6.07) is 13.1. The van der Waals surface area contributed by atoms with Gasteiger partial charge >= 0.3 is 0 Å². The fraction of sp³-hybridized carbons (Fsp3) is 0.292. The van der Waals surface area contributed by atoms with Gasteiger partial charge < -0.3 is 9.88 Å². The maximum absolute atomic E-state index is 12.8. The van der Waals surface area contributed by atoms with Crippen LogP contribution in [0.4, 0.5) is 0 Å². The monoisotopic (exact) mass is 423 g/mol. The Morgan fingerprint density at radius 3 is 2.60 bits per heavy atom. The van der Waals surface area contributed by atoms with Gasteiger partial charge in [-0.2, -0.15) is 0 Å². The number of halogens is 1. The van der Waals surface area contributed by atoms with E-state index in [1.807, 2.05) is 25.1 Å². The molecular formula is C24H26ClN3O2. The van der Waals surface area contributed by atoms with Crippen molar-refractivity contribution >= 4 is 34.5 Å². The summed E-state index contributed by atoms with van der Waals surface area (Å²) in [7, 11) is 0. The quantitative estimate of drug-likeness (QED) is 0.534. The van der Waals surface area contributed by atoms with Crippen LogP contribution in [0.2, 0.25) is 5.02 Å². The van der Waals surface area contributed by atoms with Gasteiger partial charge in [-0.05, 0) is 47.7 Å². The number of hydrogen-bond donors (Lipinski definition) is 1. The van der Waals surface area contributed by atoms with Gasteiger partial charge in [0.05, 0.1) is 17.4 Å². The van der Waals surface area contributed by atoms with Crippen LogP contribution in [0.15, 0.2) is 53.3 Å². The molecule has 1 N–H and O–H groups in total. The normalized spacial score (nSPS) is 11.5. The van der Waals surface area contributed by atoms with Gasteiger partial charge in [0, 0.05) is 17.6 Å². The van der Waals surface area contributed by atoms with Crippen LogP contribution in [-0.4, -0.2) is 27.3 Å². The molecule has 6 heteroatoms. The molecule has 1 heterocycles. The van der Waals surface area contributed by atoms with Gasteiger partial charge in [0.15, 0.2) is 0 Å². The van der Waals surface area contributed by atoms with E-state index < -0.39 is 0 Å². The first-order valence-electron chi connectivity index (χ1n) is 10.1. The largest absolute Gasteiger partial charge is 0.332 e. The highest BCUT2D eigenvalue weighted by atomic mass is 35.5. The van der Waals surface area contributed by atoms with Crippen molar-refractivity contribution in [1.82, 2.24) is 14.9 Å². The summed E-state index contributed by atoms with van der Waals surface area (Å²) in [5, 5.41) is 0.987. The summed E-state index contributed by atoms with van der Waals surface area (Å²) < 4.78 is 0. The average molecular weight is 424 g/mol. The smallest absolute Gasteiger partial charge is 0.258 e. The molecule has 156 valence electrons. The van der Waals surface area contributed by atoms with E-state index in [-0.39, 0.29) is 18.0 Å². The summed E-state index contributed by atoms with van der Waals surface area (Å²) in [6.45, 7) is 7.09. The fourth-order valence-electron chi connectivity index (χ4n) is 3.22. The fourth-order valence-corrected chi connectivity index (χ4v) is 3.39. The van der Waals surface area contributed by atoms with Crippen molar-refractivity contribution in [2.24, 2.45) is 0 Å². The predicted molar refractivity (Wildman–Crippen MR) is 123 cm³/mol. The number of H-pyrrole nitrogens is 1. The topological polar surface area (TPSA) is 66.1 Å². The van der Waals surface area contributed by atoms with Gasteiger partial charge in [-0.1, -0.05) is 56.6 Å². The average Bonchev–Trinajstić information content (AvgIpc) is 2.71. The Morgan fingerprint density at radius 2 is 1.93 bits per heavy atom. The van der Waals surface area contributed by atoms with Crippen molar-refractivity contribution in [2.45, 2.75) is 39.7 Å².